The normalized spacial score (nSPS) is 30.3. The van der Waals surface area contributed by atoms with Gasteiger partial charge in [0, 0.05) is 58.6 Å². The average Bonchev–Trinajstić information content (AvgIpc) is 3.15. The van der Waals surface area contributed by atoms with Gasteiger partial charge in [-0.3, -0.25) is 9.52 Å². The Labute approximate surface area is 284 Å². The first-order chi connectivity index (χ1) is 22.4. The van der Waals surface area contributed by atoms with Crippen LogP contribution in [0.25, 0.3) is 0 Å². The largest absolute Gasteiger partial charge is 0.490 e. The van der Waals surface area contributed by atoms with Crippen molar-refractivity contribution in [3.8, 4) is 5.75 Å². The topological polar surface area (TPSA) is 105 Å². The molecule has 1 amide bonds. The SMILES string of the molecule is C=S1(=O)CCC/C=C/[C@@H](OCCS(=O)(=O)N(C)C)[C@@H]2CC[C@H]2CN2C[C@@]3(CCCc4cc(Cl)ccc43)COc3ccc(cc32)C(=O)N1. The molecular formula is C35H46ClN3O6S2. The van der Waals surface area contributed by atoms with Gasteiger partial charge in [0.2, 0.25) is 10.0 Å². The van der Waals surface area contributed by atoms with Gasteiger partial charge in [-0.25, -0.2) is 16.9 Å². The summed E-state index contributed by atoms with van der Waals surface area (Å²) in [7, 11) is -3.18. The van der Waals surface area contributed by atoms with Gasteiger partial charge in [-0.15, -0.1) is 0 Å². The van der Waals surface area contributed by atoms with Crippen molar-refractivity contribution < 1.29 is 26.9 Å². The fourth-order valence-electron chi connectivity index (χ4n) is 7.53. The van der Waals surface area contributed by atoms with E-state index in [2.05, 4.69) is 33.7 Å². The highest BCUT2D eigenvalue weighted by atomic mass is 35.5. The summed E-state index contributed by atoms with van der Waals surface area (Å²) in [5.74, 6) is 4.80. The molecule has 256 valence electrons. The van der Waals surface area contributed by atoms with Gasteiger partial charge in [0.15, 0.2) is 0 Å². The second-order valence-corrected chi connectivity index (χ2v) is 18.7. The molecule has 1 fully saturated rings. The quantitative estimate of drug-likeness (QED) is 0.352. The lowest BCUT2D eigenvalue weighted by molar-refractivity contribution is -0.00800. The van der Waals surface area contributed by atoms with Crippen molar-refractivity contribution in [2.45, 2.75) is 56.5 Å². The molecule has 2 heterocycles. The summed E-state index contributed by atoms with van der Waals surface area (Å²) in [6, 6.07) is 11.6. The van der Waals surface area contributed by atoms with Gasteiger partial charge in [0.1, 0.15) is 5.75 Å². The second-order valence-electron chi connectivity index (χ2n) is 13.7. The highest BCUT2D eigenvalue weighted by molar-refractivity contribution is 7.99. The number of halogens is 1. The summed E-state index contributed by atoms with van der Waals surface area (Å²) in [4.78, 5) is 15.8. The number of ether oxygens (including phenoxy) is 2. The molecular weight excluding hydrogens is 658 g/mol. The molecule has 1 unspecified atom stereocenters. The summed E-state index contributed by atoms with van der Waals surface area (Å²) >= 11 is 6.43. The Morgan fingerprint density at radius 1 is 1.19 bits per heavy atom. The van der Waals surface area contributed by atoms with Crippen molar-refractivity contribution in [3.05, 3.63) is 70.3 Å². The van der Waals surface area contributed by atoms with Crippen LogP contribution in [0.5, 0.6) is 5.75 Å². The number of carbonyl (C=O) groups is 1. The number of hydrogen-bond donors (Lipinski definition) is 1. The number of nitrogens with one attached hydrogen (secondary N) is 1. The number of benzene rings is 2. The zero-order chi connectivity index (χ0) is 33.4. The highest BCUT2D eigenvalue weighted by Crippen LogP contribution is 2.47. The molecule has 5 atom stereocenters. The minimum atomic E-state index is -3.39. The maximum atomic E-state index is 13.4. The predicted octanol–water partition coefficient (Wildman–Crippen LogP) is 4.83. The number of hydrogen-bond acceptors (Lipinski definition) is 7. The molecule has 9 nitrogen and oxygen atoms in total. The van der Waals surface area contributed by atoms with E-state index in [0.717, 1.165) is 49.4 Å². The van der Waals surface area contributed by atoms with Crippen LogP contribution in [0.3, 0.4) is 0 Å². The molecule has 2 aromatic carbocycles. The van der Waals surface area contributed by atoms with Crippen LogP contribution in [-0.2, 0) is 36.3 Å². The van der Waals surface area contributed by atoms with Crippen molar-refractivity contribution in [2.75, 3.05) is 56.8 Å². The van der Waals surface area contributed by atoms with Gasteiger partial charge >= 0.3 is 0 Å². The van der Waals surface area contributed by atoms with Crippen molar-refractivity contribution >= 4 is 48.8 Å². The summed E-state index contributed by atoms with van der Waals surface area (Å²) in [5, 5.41) is 0.732. The van der Waals surface area contributed by atoms with Crippen LogP contribution >= 0.6 is 11.6 Å². The zero-order valence-electron chi connectivity index (χ0n) is 27.3. The standard InChI is InChI=1S/C35H46ClN3O6S2/c1-38(2)47(42,43)19-17-44-32-9-5-4-6-18-46(3,41)37-34(40)26-11-15-33-31(21-26)39(22-27-10-13-29(27)32)23-35(24-45-33)16-7-8-25-20-28(36)12-14-30(25)35/h5,9,11-12,14-15,20-21,27,29,32H,3-4,6-8,10,13,16-19,22-24H2,1-2H3,(H,37,40,41)/b9-5+/t27-,29+,32+,35-,46?/m0/s1. The third-order valence-electron chi connectivity index (χ3n) is 10.3. The number of sulfonamides is 1. The number of amides is 1. The van der Waals surface area contributed by atoms with E-state index in [9.17, 15) is 17.4 Å². The number of nitrogens with zero attached hydrogens (tertiary/aromatic N) is 2. The second kappa shape index (κ2) is 13.7. The maximum Gasteiger partial charge on any atom is 0.262 e. The first-order valence-electron chi connectivity index (χ1n) is 16.5. The maximum absolute atomic E-state index is 13.4. The first kappa shape index (κ1) is 34.3. The molecule has 2 bridgehead atoms. The number of anilines is 1. The Bertz CT molecular complexity index is 1750. The molecule has 0 aromatic heterocycles. The Morgan fingerprint density at radius 3 is 2.79 bits per heavy atom. The van der Waals surface area contributed by atoms with Crippen LogP contribution < -0.4 is 14.4 Å². The Kier molecular flexibility index (Phi) is 10.0. The van der Waals surface area contributed by atoms with Gasteiger partial charge in [0.25, 0.3) is 5.91 Å². The van der Waals surface area contributed by atoms with E-state index in [4.69, 9.17) is 21.1 Å². The monoisotopic (exact) mass is 703 g/mol. The van der Waals surface area contributed by atoms with E-state index >= 15 is 0 Å². The van der Waals surface area contributed by atoms with Crippen LogP contribution in [0.15, 0.2) is 48.6 Å². The van der Waals surface area contributed by atoms with Crippen LogP contribution in [0.4, 0.5) is 5.69 Å². The minimum Gasteiger partial charge on any atom is -0.490 e. The summed E-state index contributed by atoms with van der Waals surface area (Å²) in [6.45, 7) is 2.04. The minimum absolute atomic E-state index is 0.0868. The van der Waals surface area contributed by atoms with Gasteiger partial charge < -0.3 is 14.4 Å². The zero-order valence-corrected chi connectivity index (χ0v) is 29.7. The van der Waals surface area contributed by atoms with Gasteiger partial charge in [-0.1, -0.05) is 29.8 Å². The molecule has 2 aromatic rings. The van der Waals surface area contributed by atoms with Gasteiger partial charge in [-0.2, -0.15) is 0 Å². The summed E-state index contributed by atoms with van der Waals surface area (Å²) in [6.07, 6.45) is 10.0. The van der Waals surface area contributed by atoms with Crippen LogP contribution in [-0.4, -0.2) is 86.7 Å². The lowest BCUT2D eigenvalue weighted by Crippen LogP contribution is -2.49. The molecule has 2 aliphatic heterocycles. The Balaban J connectivity index is 1.36. The molecule has 4 aliphatic rings. The smallest absolute Gasteiger partial charge is 0.262 e. The number of rotatable bonds is 5. The van der Waals surface area contributed by atoms with Gasteiger partial charge in [0.05, 0.1) is 30.8 Å². The molecule has 1 N–H and O–H groups in total. The molecule has 2 aliphatic carbocycles. The Hall–Kier alpha value is -2.57. The third-order valence-corrected chi connectivity index (χ3v) is 13.8. The van der Waals surface area contributed by atoms with Crippen molar-refractivity contribution in [1.29, 1.82) is 0 Å². The van der Waals surface area contributed by atoms with Crippen LogP contribution in [0.2, 0.25) is 5.02 Å². The molecule has 0 radical (unpaired) electrons. The van der Waals surface area contributed by atoms with E-state index in [1.807, 2.05) is 24.3 Å². The predicted molar refractivity (Wildman–Crippen MR) is 190 cm³/mol. The van der Waals surface area contributed by atoms with E-state index in [1.54, 1.807) is 6.07 Å². The van der Waals surface area contributed by atoms with E-state index in [1.165, 1.54) is 29.5 Å². The van der Waals surface area contributed by atoms with Crippen molar-refractivity contribution in [3.63, 3.8) is 0 Å². The van der Waals surface area contributed by atoms with Crippen LogP contribution in [0, 0.1) is 11.8 Å². The number of allylic oxidation sites excluding steroid dienone is 1. The molecule has 6 rings (SSSR count). The molecule has 12 heteroatoms. The molecule has 0 saturated heterocycles. The first-order valence-corrected chi connectivity index (χ1v) is 20.4. The highest BCUT2D eigenvalue weighted by Gasteiger charge is 2.44. The fourth-order valence-corrected chi connectivity index (χ4v) is 9.59. The number of aryl methyl sites for hydroxylation is 1. The van der Waals surface area contributed by atoms with E-state index in [-0.39, 0.29) is 41.5 Å². The van der Waals surface area contributed by atoms with E-state index in [0.29, 0.717) is 37.3 Å². The fraction of sp³-hybridized carbons (Fsp3) is 0.543. The lowest BCUT2D eigenvalue weighted by Gasteiger charge is -2.46. The summed E-state index contributed by atoms with van der Waals surface area (Å²) in [5.41, 5.74) is 3.51. The average molecular weight is 704 g/mol. The van der Waals surface area contributed by atoms with E-state index < -0.39 is 25.6 Å². The third kappa shape index (κ3) is 7.54. The lowest BCUT2D eigenvalue weighted by atomic mass is 9.68. The Morgan fingerprint density at radius 2 is 2.02 bits per heavy atom. The molecule has 1 spiro atoms. The number of fused-ring (bicyclic) bond motifs is 4. The van der Waals surface area contributed by atoms with Crippen molar-refractivity contribution in [1.82, 2.24) is 9.03 Å². The van der Waals surface area contributed by atoms with Crippen molar-refractivity contribution in [2.24, 2.45) is 11.8 Å². The molecule has 1 saturated carbocycles. The molecule has 47 heavy (non-hydrogen) atoms. The summed E-state index contributed by atoms with van der Waals surface area (Å²) < 4.78 is 55.1. The van der Waals surface area contributed by atoms with Crippen LogP contribution in [0.1, 0.15) is 60.0 Å². The van der Waals surface area contributed by atoms with Gasteiger partial charge in [-0.05, 0) is 104 Å². The number of carbonyl (C=O) groups excluding carboxylic acids is 1.